The molecule has 0 atom stereocenters. The molecule has 0 unspecified atom stereocenters. The van der Waals surface area contributed by atoms with Crippen molar-refractivity contribution in [3.8, 4) is 0 Å². The van der Waals surface area contributed by atoms with Gasteiger partial charge in [0.15, 0.2) is 5.78 Å². The highest BCUT2D eigenvalue weighted by Crippen LogP contribution is 2.19. The van der Waals surface area contributed by atoms with Crippen molar-refractivity contribution in [2.24, 2.45) is 0 Å². The Morgan fingerprint density at radius 1 is 0.833 bits per heavy atom. The van der Waals surface area contributed by atoms with Crippen LogP contribution in [-0.4, -0.2) is 40.9 Å². The molecular formula is C23H18N2O5. The summed E-state index contributed by atoms with van der Waals surface area (Å²) in [5.74, 6) is -1.32. The summed E-state index contributed by atoms with van der Waals surface area (Å²) in [5.41, 5.74) is 2.08. The second-order valence-electron chi connectivity index (χ2n) is 6.40. The van der Waals surface area contributed by atoms with Gasteiger partial charge in [-0.25, -0.2) is 0 Å². The molecule has 4 amide bonds. The SMILES string of the molecule is CCN1C(=O)C=CC1=O.O=C1C=C(c2ccc(C(=O)c3ccccc3)cc2)C(=O)N1. The predicted molar refractivity (Wildman–Crippen MR) is 109 cm³/mol. The number of imide groups is 2. The monoisotopic (exact) mass is 402 g/mol. The quantitative estimate of drug-likeness (QED) is 0.622. The van der Waals surface area contributed by atoms with E-state index in [-0.39, 0.29) is 17.6 Å². The molecule has 30 heavy (non-hydrogen) atoms. The Kier molecular flexibility index (Phi) is 6.12. The van der Waals surface area contributed by atoms with Gasteiger partial charge < -0.3 is 0 Å². The summed E-state index contributed by atoms with van der Waals surface area (Å²) >= 11 is 0. The molecule has 0 saturated heterocycles. The van der Waals surface area contributed by atoms with Gasteiger partial charge in [-0.2, -0.15) is 0 Å². The molecule has 0 saturated carbocycles. The summed E-state index contributed by atoms with van der Waals surface area (Å²) in [7, 11) is 0. The van der Waals surface area contributed by atoms with Gasteiger partial charge in [-0.1, -0.05) is 54.6 Å². The average Bonchev–Trinajstić information content (AvgIpc) is 3.28. The third-order valence-electron chi connectivity index (χ3n) is 4.47. The molecule has 2 heterocycles. The number of hydrogen-bond donors (Lipinski definition) is 1. The molecule has 0 radical (unpaired) electrons. The van der Waals surface area contributed by atoms with E-state index >= 15 is 0 Å². The summed E-state index contributed by atoms with van der Waals surface area (Å²) in [6.07, 6.45) is 3.83. The first kappa shape index (κ1) is 20.6. The minimum Gasteiger partial charge on any atom is -0.289 e. The van der Waals surface area contributed by atoms with Crippen LogP contribution in [0.3, 0.4) is 0 Å². The Bertz CT molecular complexity index is 1060. The van der Waals surface area contributed by atoms with Gasteiger partial charge in [0, 0.05) is 35.9 Å². The van der Waals surface area contributed by atoms with E-state index in [4.69, 9.17) is 0 Å². The lowest BCUT2D eigenvalue weighted by Crippen LogP contribution is -2.29. The Morgan fingerprint density at radius 2 is 1.40 bits per heavy atom. The van der Waals surface area contributed by atoms with Crippen molar-refractivity contribution in [3.63, 3.8) is 0 Å². The lowest BCUT2D eigenvalue weighted by atomic mass is 9.99. The highest BCUT2D eigenvalue weighted by atomic mass is 16.2. The molecule has 2 aromatic carbocycles. The van der Waals surface area contributed by atoms with Crippen molar-refractivity contribution >= 4 is 35.0 Å². The van der Waals surface area contributed by atoms with Crippen molar-refractivity contribution in [3.05, 3.63) is 89.5 Å². The molecule has 7 nitrogen and oxygen atoms in total. The zero-order valence-corrected chi connectivity index (χ0v) is 16.1. The van der Waals surface area contributed by atoms with Gasteiger partial charge in [0.1, 0.15) is 0 Å². The van der Waals surface area contributed by atoms with Crippen LogP contribution in [0.2, 0.25) is 0 Å². The minimum absolute atomic E-state index is 0.0805. The largest absolute Gasteiger partial charge is 0.289 e. The van der Waals surface area contributed by atoms with E-state index in [2.05, 4.69) is 5.32 Å². The third kappa shape index (κ3) is 4.47. The van der Waals surface area contributed by atoms with Crippen molar-refractivity contribution < 1.29 is 24.0 Å². The van der Waals surface area contributed by atoms with E-state index < -0.39 is 11.8 Å². The van der Waals surface area contributed by atoms with Gasteiger partial charge in [0.05, 0.1) is 5.57 Å². The van der Waals surface area contributed by atoms with Crippen LogP contribution in [-0.2, 0) is 19.2 Å². The second-order valence-corrected chi connectivity index (χ2v) is 6.40. The van der Waals surface area contributed by atoms with Crippen LogP contribution < -0.4 is 5.32 Å². The van der Waals surface area contributed by atoms with Crippen LogP contribution >= 0.6 is 0 Å². The van der Waals surface area contributed by atoms with E-state index in [0.717, 1.165) is 0 Å². The summed E-state index contributed by atoms with van der Waals surface area (Å²) < 4.78 is 0. The fourth-order valence-electron chi connectivity index (χ4n) is 2.93. The molecule has 4 rings (SSSR count). The van der Waals surface area contributed by atoms with Crippen LogP contribution in [0.25, 0.3) is 5.57 Å². The zero-order chi connectivity index (χ0) is 21.7. The Balaban J connectivity index is 0.000000239. The highest BCUT2D eigenvalue weighted by molar-refractivity contribution is 6.33. The van der Waals surface area contributed by atoms with Crippen LogP contribution in [0.5, 0.6) is 0 Å². The number of carbonyl (C=O) groups excluding carboxylic acids is 5. The maximum absolute atomic E-state index is 12.2. The number of likely N-dealkylation sites (N-methyl/N-ethyl adjacent to an activating group) is 1. The van der Waals surface area contributed by atoms with Crippen LogP contribution in [0.15, 0.2) is 72.8 Å². The van der Waals surface area contributed by atoms with E-state index in [1.807, 2.05) is 6.07 Å². The molecule has 0 fully saturated rings. The Morgan fingerprint density at radius 3 is 1.87 bits per heavy atom. The molecule has 2 aromatic rings. The molecule has 0 bridgehead atoms. The van der Waals surface area contributed by atoms with Gasteiger partial charge in [0.25, 0.3) is 23.6 Å². The van der Waals surface area contributed by atoms with Crippen molar-refractivity contribution in [1.29, 1.82) is 0 Å². The number of hydrogen-bond acceptors (Lipinski definition) is 5. The first-order valence-corrected chi connectivity index (χ1v) is 9.21. The fourth-order valence-corrected chi connectivity index (χ4v) is 2.93. The number of carbonyl (C=O) groups is 5. The minimum atomic E-state index is -0.417. The third-order valence-corrected chi connectivity index (χ3v) is 4.47. The van der Waals surface area contributed by atoms with Crippen LogP contribution in [0.1, 0.15) is 28.4 Å². The Hall–Kier alpha value is -4.13. The maximum Gasteiger partial charge on any atom is 0.258 e. The van der Waals surface area contributed by atoms with E-state index in [1.165, 1.54) is 23.1 Å². The first-order valence-electron chi connectivity index (χ1n) is 9.21. The molecule has 2 aliphatic rings. The molecular weight excluding hydrogens is 384 g/mol. The van der Waals surface area contributed by atoms with Crippen molar-refractivity contribution in [2.75, 3.05) is 6.54 Å². The molecule has 0 spiro atoms. The van der Waals surface area contributed by atoms with E-state index in [9.17, 15) is 24.0 Å². The smallest absolute Gasteiger partial charge is 0.258 e. The fraction of sp³-hybridized carbons (Fsp3) is 0.0870. The average molecular weight is 402 g/mol. The van der Waals surface area contributed by atoms with Crippen LogP contribution in [0.4, 0.5) is 0 Å². The van der Waals surface area contributed by atoms with Gasteiger partial charge in [-0.05, 0) is 12.5 Å². The molecule has 150 valence electrons. The van der Waals surface area contributed by atoms with Gasteiger partial charge in [-0.3, -0.25) is 34.2 Å². The summed E-state index contributed by atoms with van der Waals surface area (Å²) in [4.78, 5) is 57.4. The lowest BCUT2D eigenvalue weighted by molar-refractivity contribution is -0.136. The predicted octanol–water partition coefficient (Wildman–Crippen LogP) is 1.89. The number of nitrogens with one attached hydrogen (secondary N) is 1. The van der Waals surface area contributed by atoms with Gasteiger partial charge in [-0.15, -0.1) is 0 Å². The number of nitrogens with zero attached hydrogens (tertiary/aromatic N) is 1. The highest BCUT2D eigenvalue weighted by Gasteiger charge is 2.22. The summed E-state index contributed by atoms with van der Waals surface area (Å²) in [5, 5.41) is 2.19. The number of benzene rings is 2. The number of amides is 4. The van der Waals surface area contributed by atoms with Gasteiger partial charge >= 0.3 is 0 Å². The number of ketones is 1. The lowest BCUT2D eigenvalue weighted by Gasteiger charge is -2.08. The first-order chi connectivity index (χ1) is 14.4. The standard InChI is InChI=1S/C17H11NO3.C6H7NO2/c19-15-10-14(17(21)18-15)11-6-8-13(9-7-11)16(20)12-4-2-1-3-5-12;1-2-7-5(8)3-4-6(7)9/h1-10H,(H,18,19,21);3-4H,2H2,1H3. The molecule has 0 aliphatic carbocycles. The molecule has 0 aromatic heterocycles. The molecule has 1 N–H and O–H groups in total. The summed E-state index contributed by atoms with van der Waals surface area (Å²) in [6, 6.07) is 15.6. The second kappa shape index (κ2) is 8.91. The maximum atomic E-state index is 12.2. The summed E-state index contributed by atoms with van der Waals surface area (Å²) in [6.45, 7) is 2.23. The van der Waals surface area contributed by atoms with Gasteiger partial charge in [0.2, 0.25) is 0 Å². The topological polar surface area (TPSA) is 101 Å². The van der Waals surface area contributed by atoms with E-state index in [1.54, 1.807) is 55.5 Å². The van der Waals surface area contributed by atoms with Crippen molar-refractivity contribution in [2.45, 2.75) is 6.92 Å². The molecule has 7 heteroatoms. The van der Waals surface area contributed by atoms with E-state index in [0.29, 0.717) is 28.8 Å². The zero-order valence-electron chi connectivity index (χ0n) is 16.1. The number of rotatable bonds is 4. The Labute approximate surface area is 172 Å². The molecule has 2 aliphatic heterocycles. The normalized spacial score (nSPS) is 15.0. The van der Waals surface area contributed by atoms with Crippen LogP contribution in [0, 0.1) is 0 Å². The van der Waals surface area contributed by atoms with Crippen molar-refractivity contribution in [1.82, 2.24) is 10.2 Å².